The second-order valence-electron chi connectivity index (χ2n) is 7.49. The molecule has 1 heterocycles. The van der Waals surface area contributed by atoms with E-state index in [1.165, 1.54) is 16.4 Å². The molecule has 0 saturated heterocycles. The van der Waals surface area contributed by atoms with Gasteiger partial charge in [0.2, 0.25) is 5.16 Å². The van der Waals surface area contributed by atoms with E-state index in [4.69, 9.17) is 22.2 Å². The number of ether oxygens (including phenoxy) is 1. The lowest BCUT2D eigenvalue weighted by Crippen LogP contribution is -2.38. The van der Waals surface area contributed by atoms with Crippen molar-refractivity contribution in [3.63, 3.8) is 0 Å². The summed E-state index contributed by atoms with van der Waals surface area (Å²) in [7, 11) is 0. The molecule has 9 heteroatoms. The molecule has 27 heavy (non-hydrogen) atoms. The zero-order valence-electron chi connectivity index (χ0n) is 16.2. The van der Waals surface area contributed by atoms with Crippen LogP contribution in [0.1, 0.15) is 52.0 Å². The van der Waals surface area contributed by atoms with Crippen LogP contribution in [0.15, 0.2) is 29.4 Å². The van der Waals surface area contributed by atoms with Crippen LogP contribution in [-0.2, 0) is 10.5 Å². The molecule has 0 spiro atoms. The van der Waals surface area contributed by atoms with Gasteiger partial charge in [-0.15, -0.1) is 10.2 Å². The third-order valence-corrected chi connectivity index (χ3v) is 4.86. The predicted octanol–water partition coefficient (Wildman–Crippen LogP) is 4.16. The summed E-state index contributed by atoms with van der Waals surface area (Å²) in [5.74, 6) is 7.40. The van der Waals surface area contributed by atoms with Gasteiger partial charge in [0.15, 0.2) is 5.82 Å². The molecular formula is C18H26ClN5O2S. The monoisotopic (exact) mass is 411 g/mol. The number of nitrogens with one attached hydrogen (secondary N) is 1. The van der Waals surface area contributed by atoms with E-state index in [1.807, 2.05) is 58.9 Å². The normalized spacial score (nSPS) is 12.9. The maximum atomic E-state index is 12.2. The van der Waals surface area contributed by atoms with Crippen molar-refractivity contribution in [2.24, 2.45) is 5.92 Å². The number of thioether (sulfide) groups is 1. The Kier molecular flexibility index (Phi) is 7.00. The number of benzene rings is 1. The first-order valence-electron chi connectivity index (χ1n) is 8.64. The number of nitrogens with zero attached hydrogens (tertiary/aromatic N) is 3. The van der Waals surface area contributed by atoms with Crippen LogP contribution in [0.25, 0.3) is 0 Å². The van der Waals surface area contributed by atoms with E-state index in [-0.39, 0.29) is 5.92 Å². The zero-order chi connectivity index (χ0) is 20.2. The molecule has 0 radical (unpaired) electrons. The molecule has 3 N–H and O–H groups in total. The highest BCUT2D eigenvalue weighted by Gasteiger charge is 2.27. The lowest BCUT2D eigenvalue weighted by molar-refractivity contribution is 0.0485. The minimum atomic E-state index is -0.582. The fraction of sp³-hybridized carbons (Fsp3) is 0.500. The van der Waals surface area contributed by atoms with Gasteiger partial charge in [-0.1, -0.05) is 49.3 Å². The van der Waals surface area contributed by atoms with Crippen molar-refractivity contribution in [3.8, 4) is 0 Å². The van der Waals surface area contributed by atoms with Crippen molar-refractivity contribution in [1.82, 2.24) is 20.2 Å². The number of hydrogen-bond donors (Lipinski definition) is 2. The molecule has 0 aliphatic heterocycles. The molecule has 1 amide bonds. The molecule has 0 bridgehead atoms. The standard InChI is InChI=1S/C18H26ClN5O2S/c1-11(2)14(21-17(25)26-18(3,4)5)15-22-23-16(24(15)20)27-10-12-6-8-13(19)9-7-12/h6-9,11,14H,10,20H2,1-5H3,(H,21,25)/t14-/m1/s1. The average molecular weight is 412 g/mol. The highest BCUT2D eigenvalue weighted by atomic mass is 35.5. The van der Waals surface area contributed by atoms with Gasteiger partial charge < -0.3 is 15.9 Å². The van der Waals surface area contributed by atoms with E-state index in [0.717, 1.165) is 5.56 Å². The molecular weight excluding hydrogens is 386 g/mol. The SMILES string of the molecule is CC(C)[C@@H](NC(=O)OC(C)(C)C)c1nnc(SCc2ccc(Cl)cc2)n1N. The fourth-order valence-corrected chi connectivity index (χ4v) is 3.24. The summed E-state index contributed by atoms with van der Waals surface area (Å²) in [5, 5.41) is 12.5. The summed E-state index contributed by atoms with van der Waals surface area (Å²) < 4.78 is 6.76. The molecule has 0 unspecified atom stereocenters. The minimum absolute atomic E-state index is 0.0538. The Morgan fingerprint density at radius 2 is 1.93 bits per heavy atom. The van der Waals surface area contributed by atoms with Crippen LogP contribution in [0.4, 0.5) is 4.79 Å². The maximum absolute atomic E-state index is 12.2. The van der Waals surface area contributed by atoms with Gasteiger partial charge in [-0.25, -0.2) is 9.47 Å². The van der Waals surface area contributed by atoms with E-state index in [1.54, 1.807) is 0 Å². The second kappa shape index (κ2) is 8.84. The number of nitrogen functional groups attached to an aromatic ring is 1. The molecule has 0 fully saturated rings. The number of carbonyl (C=O) groups excluding carboxylic acids is 1. The molecule has 0 saturated carbocycles. The quantitative estimate of drug-likeness (QED) is 0.547. The van der Waals surface area contributed by atoms with Crippen LogP contribution < -0.4 is 11.2 Å². The molecule has 2 rings (SSSR count). The highest BCUT2D eigenvalue weighted by molar-refractivity contribution is 7.98. The topological polar surface area (TPSA) is 95.1 Å². The van der Waals surface area contributed by atoms with Gasteiger partial charge in [0, 0.05) is 10.8 Å². The van der Waals surface area contributed by atoms with Gasteiger partial charge in [-0.3, -0.25) is 0 Å². The molecule has 1 aromatic carbocycles. The fourth-order valence-electron chi connectivity index (χ4n) is 2.29. The number of halogens is 1. The van der Waals surface area contributed by atoms with E-state index >= 15 is 0 Å². The van der Waals surface area contributed by atoms with E-state index in [9.17, 15) is 4.79 Å². The Hall–Kier alpha value is -1.93. The minimum Gasteiger partial charge on any atom is -0.444 e. The Balaban J connectivity index is 2.09. The number of nitrogens with two attached hydrogens (primary N) is 1. The van der Waals surface area contributed by atoms with Gasteiger partial charge in [0.25, 0.3) is 0 Å². The summed E-state index contributed by atoms with van der Waals surface area (Å²) in [6.07, 6.45) is -0.514. The first-order valence-corrected chi connectivity index (χ1v) is 10.0. The largest absolute Gasteiger partial charge is 0.444 e. The molecule has 1 atom stereocenters. The Morgan fingerprint density at radius 1 is 1.30 bits per heavy atom. The van der Waals surface area contributed by atoms with Gasteiger partial charge >= 0.3 is 6.09 Å². The highest BCUT2D eigenvalue weighted by Crippen LogP contribution is 2.26. The molecule has 2 aromatic rings. The van der Waals surface area contributed by atoms with Crippen molar-refractivity contribution in [1.29, 1.82) is 0 Å². The average Bonchev–Trinajstić information content (AvgIpc) is 2.91. The first-order chi connectivity index (χ1) is 12.6. The van der Waals surface area contributed by atoms with Gasteiger partial charge in [-0.2, -0.15) is 0 Å². The zero-order valence-corrected chi connectivity index (χ0v) is 17.8. The third-order valence-electron chi connectivity index (χ3n) is 3.59. The van der Waals surface area contributed by atoms with Gasteiger partial charge in [-0.05, 0) is 44.4 Å². The number of alkyl carbamates (subject to hydrolysis) is 1. The van der Waals surface area contributed by atoms with Crippen LogP contribution in [0.2, 0.25) is 5.02 Å². The molecule has 1 aromatic heterocycles. The Morgan fingerprint density at radius 3 is 2.48 bits per heavy atom. The molecule has 0 aliphatic carbocycles. The lowest BCUT2D eigenvalue weighted by atomic mass is 10.0. The smallest absolute Gasteiger partial charge is 0.408 e. The predicted molar refractivity (Wildman–Crippen MR) is 108 cm³/mol. The van der Waals surface area contributed by atoms with E-state index in [0.29, 0.717) is 21.8 Å². The number of hydrogen-bond acceptors (Lipinski definition) is 6. The van der Waals surface area contributed by atoms with Crippen molar-refractivity contribution in [2.75, 3.05) is 5.84 Å². The number of amides is 1. The van der Waals surface area contributed by atoms with E-state index in [2.05, 4.69) is 15.5 Å². The summed E-state index contributed by atoms with van der Waals surface area (Å²) >= 11 is 7.37. The Labute approximate surface area is 169 Å². The van der Waals surface area contributed by atoms with Gasteiger partial charge in [0.1, 0.15) is 5.60 Å². The van der Waals surface area contributed by atoms with E-state index < -0.39 is 17.7 Å². The van der Waals surface area contributed by atoms with Crippen molar-refractivity contribution < 1.29 is 9.53 Å². The summed E-state index contributed by atoms with van der Waals surface area (Å²) in [4.78, 5) is 12.2. The number of aromatic nitrogens is 3. The second-order valence-corrected chi connectivity index (χ2v) is 8.87. The van der Waals surface area contributed by atoms with Crippen LogP contribution in [0, 0.1) is 5.92 Å². The number of rotatable bonds is 6. The molecule has 7 nitrogen and oxygen atoms in total. The molecule has 0 aliphatic rings. The Bertz CT molecular complexity index is 771. The summed E-state index contributed by atoms with van der Waals surface area (Å²) in [6.45, 7) is 9.38. The first kappa shape index (κ1) is 21.4. The maximum Gasteiger partial charge on any atom is 0.408 e. The van der Waals surface area contributed by atoms with Crippen molar-refractivity contribution >= 4 is 29.5 Å². The third kappa shape index (κ3) is 6.32. The van der Waals surface area contributed by atoms with Gasteiger partial charge in [0.05, 0.1) is 6.04 Å². The summed E-state index contributed by atoms with van der Waals surface area (Å²) in [5.41, 5.74) is 0.517. The van der Waals surface area contributed by atoms with Crippen LogP contribution in [0.3, 0.4) is 0 Å². The van der Waals surface area contributed by atoms with Crippen LogP contribution in [0.5, 0.6) is 0 Å². The van der Waals surface area contributed by atoms with Crippen molar-refractivity contribution in [2.45, 2.75) is 57.2 Å². The molecule has 148 valence electrons. The van der Waals surface area contributed by atoms with Crippen LogP contribution >= 0.6 is 23.4 Å². The lowest BCUT2D eigenvalue weighted by Gasteiger charge is -2.25. The van der Waals surface area contributed by atoms with Crippen molar-refractivity contribution in [3.05, 3.63) is 40.7 Å². The van der Waals surface area contributed by atoms with Crippen LogP contribution in [-0.4, -0.2) is 26.6 Å². The summed E-state index contributed by atoms with van der Waals surface area (Å²) in [6, 6.07) is 7.18. The number of carbonyl (C=O) groups is 1.